The molecule has 0 aromatic heterocycles. The predicted octanol–water partition coefficient (Wildman–Crippen LogP) is 1.17. The van der Waals surface area contributed by atoms with E-state index in [2.05, 4.69) is 36.9 Å². The monoisotopic (exact) mass is 150 g/mol. The zero-order valence-electron chi connectivity index (χ0n) is 7.14. The van der Waals surface area contributed by atoms with Crippen molar-refractivity contribution in [2.75, 3.05) is 6.54 Å². The topological polar surface area (TPSA) is 27.6 Å². The number of rotatable bonds is 3. The first-order chi connectivity index (χ1) is 5.33. The van der Waals surface area contributed by atoms with Gasteiger partial charge in [0.05, 0.1) is 6.54 Å². The van der Waals surface area contributed by atoms with Crippen LogP contribution in [-0.2, 0) is 6.42 Å². The number of aryl methyl sites for hydroxylation is 2. The Labute approximate surface area is 68.2 Å². The van der Waals surface area contributed by atoms with Gasteiger partial charge in [0.1, 0.15) is 0 Å². The van der Waals surface area contributed by atoms with Gasteiger partial charge in [0.25, 0.3) is 0 Å². The standard InChI is InChI=1S/C10H15N/c1-9-4-2-5-10(8-9)6-3-7-11/h2,4-5,8H,3,6-7,11H2,1H3/p+1. The minimum absolute atomic E-state index is 1.04. The summed E-state index contributed by atoms with van der Waals surface area (Å²) in [4.78, 5) is 0. The third-order valence-electron chi connectivity index (χ3n) is 1.80. The van der Waals surface area contributed by atoms with Gasteiger partial charge in [-0.05, 0) is 18.9 Å². The normalized spacial score (nSPS) is 10.0. The van der Waals surface area contributed by atoms with Gasteiger partial charge in [-0.2, -0.15) is 0 Å². The molecule has 0 saturated carbocycles. The van der Waals surface area contributed by atoms with Crippen LogP contribution in [0.5, 0.6) is 0 Å². The van der Waals surface area contributed by atoms with Gasteiger partial charge in [0, 0.05) is 6.42 Å². The van der Waals surface area contributed by atoms with Crippen LogP contribution in [0.2, 0.25) is 0 Å². The average molecular weight is 150 g/mol. The molecule has 0 saturated heterocycles. The van der Waals surface area contributed by atoms with Crippen LogP contribution in [0.4, 0.5) is 0 Å². The third-order valence-corrected chi connectivity index (χ3v) is 1.80. The highest BCUT2D eigenvalue weighted by Gasteiger charge is 1.91. The number of quaternary nitrogens is 1. The van der Waals surface area contributed by atoms with Gasteiger partial charge in [-0.3, -0.25) is 0 Å². The van der Waals surface area contributed by atoms with Crippen LogP contribution in [0.25, 0.3) is 0 Å². The molecule has 60 valence electrons. The molecular formula is C10H16N+. The third kappa shape index (κ3) is 2.72. The summed E-state index contributed by atoms with van der Waals surface area (Å²) >= 11 is 0. The number of benzene rings is 1. The highest BCUT2D eigenvalue weighted by molar-refractivity contribution is 5.22. The van der Waals surface area contributed by atoms with E-state index >= 15 is 0 Å². The molecule has 0 radical (unpaired) electrons. The van der Waals surface area contributed by atoms with Crippen LogP contribution < -0.4 is 5.73 Å². The fraction of sp³-hybridized carbons (Fsp3) is 0.400. The van der Waals surface area contributed by atoms with Crippen molar-refractivity contribution in [1.29, 1.82) is 0 Å². The summed E-state index contributed by atoms with van der Waals surface area (Å²) in [5.41, 5.74) is 6.62. The van der Waals surface area contributed by atoms with E-state index in [-0.39, 0.29) is 0 Å². The van der Waals surface area contributed by atoms with Crippen LogP contribution in [0.15, 0.2) is 24.3 Å². The lowest BCUT2D eigenvalue weighted by molar-refractivity contribution is -0.368. The molecule has 0 amide bonds. The molecule has 0 heterocycles. The molecule has 1 aromatic rings. The van der Waals surface area contributed by atoms with Crippen LogP contribution in [-0.4, -0.2) is 6.54 Å². The van der Waals surface area contributed by atoms with E-state index in [1.165, 1.54) is 24.0 Å². The van der Waals surface area contributed by atoms with Crippen LogP contribution in [0, 0.1) is 6.92 Å². The van der Waals surface area contributed by atoms with E-state index in [9.17, 15) is 0 Å². The zero-order chi connectivity index (χ0) is 8.10. The molecular weight excluding hydrogens is 134 g/mol. The van der Waals surface area contributed by atoms with Gasteiger partial charge in [-0.25, -0.2) is 0 Å². The van der Waals surface area contributed by atoms with E-state index in [1.54, 1.807) is 0 Å². The Balaban J connectivity index is 2.56. The summed E-state index contributed by atoms with van der Waals surface area (Å²) in [6.07, 6.45) is 2.37. The van der Waals surface area contributed by atoms with Gasteiger partial charge < -0.3 is 5.73 Å². The molecule has 1 nitrogen and oxygen atoms in total. The van der Waals surface area contributed by atoms with Crippen LogP contribution in [0.1, 0.15) is 17.5 Å². The van der Waals surface area contributed by atoms with Crippen molar-refractivity contribution in [3.05, 3.63) is 35.4 Å². The molecule has 1 rings (SSSR count). The minimum Gasteiger partial charge on any atom is -0.358 e. The lowest BCUT2D eigenvalue weighted by Crippen LogP contribution is -2.50. The first-order valence-corrected chi connectivity index (χ1v) is 4.17. The quantitative estimate of drug-likeness (QED) is 0.670. The van der Waals surface area contributed by atoms with Crippen molar-refractivity contribution in [2.24, 2.45) is 0 Å². The van der Waals surface area contributed by atoms with E-state index in [4.69, 9.17) is 0 Å². The van der Waals surface area contributed by atoms with Gasteiger partial charge in [0.2, 0.25) is 0 Å². The Morgan fingerprint density at radius 2 is 2.18 bits per heavy atom. The fourth-order valence-corrected chi connectivity index (χ4v) is 1.20. The molecule has 3 N–H and O–H groups in total. The Hall–Kier alpha value is -0.820. The summed E-state index contributed by atoms with van der Waals surface area (Å²) < 4.78 is 0. The predicted molar refractivity (Wildman–Crippen MR) is 47.3 cm³/mol. The molecule has 1 aromatic carbocycles. The lowest BCUT2D eigenvalue weighted by Gasteiger charge is -1.98. The van der Waals surface area contributed by atoms with E-state index in [0.29, 0.717) is 0 Å². The first-order valence-electron chi connectivity index (χ1n) is 4.17. The van der Waals surface area contributed by atoms with E-state index in [1.807, 2.05) is 0 Å². The van der Waals surface area contributed by atoms with Gasteiger partial charge in [-0.1, -0.05) is 29.8 Å². The van der Waals surface area contributed by atoms with Crippen molar-refractivity contribution >= 4 is 0 Å². The number of hydrogen-bond donors (Lipinski definition) is 1. The molecule has 0 aliphatic carbocycles. The maximum atomic E-state index is 3.82. The largest absolute Gasteiger partial charge is 0.358 e. The molecule has 0 atom stereocenters. The highest BCUT2D eigenvalue weighted by atomic mass is 14.5. The fourth-order valence-electron chi connectivity index (χ4n) is 1.20. The van der Waals surface area contributed by atoms with Crippen LogP contribution in [0.3, 0.4) is 0 Å². The van der Waals surface area contributed by atoms with Crippen molar-refractivity contribution in [2.45, 2.75) is 19.8 Å². The summed E-state index contributed by atoms with van der Waals surface area (Å²) in [7, 11) is 0. The van der Waals surface area contributed by atoms with Crippen molar-refractivity contribution in [3.8, 4) is 0 Å². The number of hydrogen-bond acceptors (Lipinski definition) is 0. The summed E-state index contributed by atoms with van der Waals surface area (Å²) in [5, 5.41) is 0. The van der Waals surface area contributed by atoms with Gasteiger partial charge in [-0.15, -0.1) is 0 Å². The highest BCUT2D eigenvalue weighted by Crippen LogP contribution is 2.05. The van der Waals surface area contributed by atoms with Gasteiger partial charge in [0.15, 0.2) is 0 Å². The minimum atomic E-state index is 1.04. The van der Waals surface area contributed by atoms with Crippen molar-refractivity contribution in [3.63, 3.8) is 0 Å². The Morgan fingerprint density at radius 1 is 1.36 bits per heavy atom. The van der Waals surface area contributed by atoms with Crippen LogP contribution >= 0.6 is 0 Å². The molecule has 0 aliphatic heterocycles. The summed E-state index contributed by atoms with van der Waals surface area (Å²) in [6, 6.07) is 8.68. The summed E-state index contributed by atoms with van der Waals surface area (Å²) in [5.74, 6) is 0. The molecule has 0 fully saturated rings. The molecule has 0 spiro atoms. The maximum Gasteiger partial charge on any atom is 0.0743 e. The molecule has 11 heavy (non-hydrogen) atoms. The average Bonchev–Trinajstić information content (AvgIpc) is 2.01. The molecule has 0 unspecified atom stereocenters. The zero-order valence-corrected chi connectivity index (χ0v) is 7.14. The SMILES string of the molecule is Cc1cccc(CCC[NH3+])c1. The van der Waals surface area contributed by atoms with Crippen molar-refractivity contribution in [1.82, 2.24) is 0 Å². The van der Waals surface area contributed by atoms with E-state index in [0.717, 1.165) is 6.54 Å². The first kappa shape index (κ1) is 8.28. The lowest BCUT2D eigenvalue weighted by atomic mass is 10.1. The Kier molecular flexibility index (Phi) is 3.12. The van der Waals surface area contributed by atoms with Gasteiger partial charge >= 0.3 is 0 Å². The smallest absolute Gasteiger partial charge is 0.0743 e. The second-order valence-corrected chi connectivity index (χ2v) is 2.95. The Morgan fingerprint density at radius 3 is 2.82 bits per heavy atom. The molecule has 0 aliphatic rings. The molecule has 1 heteroatoms. The summed E-state index contributed by atoms with van der Waals surface area (Å²) in [6.45, 7) is 3.17. The second-order valence-electron chi connectivity index (χ2n) is 2.95. The Bertz CT molecular complexity index is 218. The second kappa shape index (κ2) is 4.14. The maximum absolute atomic E-state index is 3.82. The molecule has 0 bridgehead atoms. The van der Waals surface area contributed by atoms with E-state index < -0.39 is 0 Å². The van der Waals surface area contributed by atoms with Crippen molar-refractivity contribution < 1.29 is 5.73 Å².